The maximum atomic E-state index is 6.01. The van der Waals surface area contributed by atoms with Gasteiger partial charge in [-0.05, 0) is 58.9 Å². The van der Waals surface area contributed by atoms with Crippen molar-refractivity contribution in [2.75, 3.05) is 18.5 Å². The number of pyridine rings is 1. The number of hydrogen-bond donors (Lipinski definition) is 1. The Morgan fingerprint density at radius 2 is 1.64 bits per heavy atom. The summed E-state index contributed by atoms with van der Waals surface area (Å²) < 4.78 is 11.5. The molecule has 0 aliphatic carbocycles. The molecule has 0 saturated carbocycles. The first-order valence-corrected chi connectivity index (χ1v) is 8.99. The van der Waals surface area contributed by atoms with Gasteiger partial charge >= 0.3 is 0 Å². The van der Waals surface area contributed by atoms with Crippen LogP contribution in [0.1, 0.15) is 46.6 Å². The van der Waals surface area contributed by atoms with Crippen LogP contribution in [0.25, 0.3) is 11.3 Å². The van der Waals surface area contributed by atoms with E-state index in [0.29, 0.717) is 18.2 Å². The number of halogens is 1. The Hall–Kier alpha value is -1.62. The number of benzene rings is 1. The quantitative estimate of drug-likeness (QED) is 0.643. The zero-order valence-electron chi connectivity index (χ0n) is 15.6. The molecule has 0 fully saturated rings. The van der Waals surface area contributed by atoms with E-state index in [4.69, 9.17) is 26.1 Å². The van der Waals surface area contributed by atoms with E-state index in [-0.39, 0.29) is 5.54 Å². The van der Waals surface area contributed by atoms with Gasteiger partial charge in [0.1, 0.15) is 0 Å². The first-order valence-electron chi connectivity index (χ1n) is 8.61. The van der Waals surface area contributed by atoms with E-state index in [9.17, 15) is 0 Å². The lowest BCUT2D eigenvalue weighted by Crippen LogP contribution is -2.26. The van der Waals surface area contributed by atoms with Gasteiger partial charge in [0.25, 0.3) is 0 Å². The Balaban J connectivity index is 2.48. The smallest absolute Gasteiger partial charge is 0.201 e. The summed E-state index contributed by atoms with van der Waals surface area (Å²) in [5, 5.41) is 4.21. The molecular weight excluding hydrogens is 336 g/mol. The summed E-state index contributed by atoms with van der Waals surface area (Å²) in [5.74, 6) is 0. The topological polar surface area (TPSA) is 43.4 Å². The lowest BCUT2D eigenvalue weighted by atomic mass is 10.1. The molecule has 1 N–H and O–H groups in total. The van der Waals surface area contributed by atoms with Gasteiger partial charge in [-0.3, -0.25) is 0 Å². The van der Waals surface area contributed by atoms with E-state index in [1.54, 1.807) is 0 Å². The van der Waals surface area contributed by atoms with Crippen LogP contribution in [0.5, 0.6) is 0 Å². The van der Waals surface area contributed by atoms with Crippen molar-refractivity contribution in [1.29, 1.82) is 0 Å². The third-order valence-electron chi connectivity index (χ3n) is 3.38. The van der Waals surface area contributed by atoms with Crippen LogP contribution in [0.15, 0.2) is 36.4 Å². The second-order valence-corrected chi connectivity index (χ2v) is 7.23. The van der Waals surface area contributed by atoms with Crippen LogP contribution in [0.2, 0.25) is 5.02 Å². The highest BCUT2D eigenvalue weighted by Crippen LogP contribution is 2.28. The number of aromatic nitrogens is 1. The van der Waals surface area contributed by atoms with Crippen molar-refractivity contribution in [2.24, 2.45) is 0 Å². The van der Waals surface area contributed by atoms with Crippen molar-refractivity contribution in [3.8, 4) is 11.3 Å². The number of hydrogen-bond acceptors (Lipinski definition) is 4. The largest absolute Gasteiger partial charge is 0.380 e. The van der Waals surface area contributed by atoms with Crippen molar-refractivity contribution in [2.45, 2.75) is 46.4 Å². The molecule has 1 aromatic heterocycles. The fraction of sp³-hybridized carbons (Fsp3) is 0.450. The fourth-order valence-electron chi connectivity index (χ4n) is 2.47. The maximum absolute atomic E-state index is 6.01. The fourth-order valence-corrected chi connectivity index (χ4v) is 2.59. The van der Waals surface area contributed by atoms with Gasteiger partial charge in [0, 0.05) is 35.0 Å². The molecule has 4 nitrogen and oxygen atoms in total. The van der Waals surface area contributed by atoms with Gasteiger partial charge < -0.3 is 14.8 Å². The average Bonchev–Trinajstić information content (AvgIpc) is 2.53. The van der Waals surface area contributed by atoms with Gasteiger partial charge in [0.2, 0.25) is 6.29 Å². The first-order chi connectivity index (χ1) is 11.8. The zero-order chi connectivity index (χ0) is 18.4. The Labute approximate surface area is 155 Å². The summed E-state index contributed by atoms with van der Waals surface area (Å²) in [6.07, 6.45) is -0.484. The molecule has 0 unspecified atom stereocenters. The van der Waals surface area contributed by atoms with Crippen LogP contribution in [0.4, 0.5) is 5.69 Å². The molecule has 2 aromatic rings. The van der Waals surface area contributed by atoms with Gasteiger partial charge in [0.05, 0.1) is 11.4 Å². The minimum atomic E-state index is -0.484. The van der Waals surface area contributed by atoms with E-state index in [1.807, 2.05) is 50.2 Å². The highest BCUT2D eigenvalue weighted by molar-refractivity contribution is 6.30. The molecule has 0 aliphatic rings. The monoisotopic (exact) mass is 362 g/mol. The highest BCUT2D eigenvalue weighted by Gasteiger charge is 2.18. The summed E-state index contributed by atoms with van der Waals surface area (Å²) in [5.41, 5.74) is 3.51. The summed E-state index contributed by atoms with van der Waals surface area (Å²) in [6, 6.07) is 11.7. The summed E-state index contributed by atoms with van der Waals surface area (Å²) in [4.78, 5) is 4.77. The van der Waals surface area contributed by atoms with Gasteiger partial charge in [-0.25, -0.2) is 4.98 Å². The summed E-state index contributed by atoms with van der Waals surface area (Å²) in [7, 11) is 0. The van der Waals surface area contributed by atoms with Gasteiger partial charge in [-0.1, -0.05) is 23.7 Å². The van der Waals surface area contributed by atoms with E-state index in [0.717, 1.165) is 22.6 Å². The predicted molar refractivity (Wildman–Crippen MR) is 104 cm³/mol. The van der Waals surface area contributed by atoms with Crippen molar-refractivity contribution >= 4 is 17.3 Å². The third kappa shape index (κ3) is 5.99. The van der Waals surface area contributed by atoms with Crippen molar-refractivity contribution in [1.82, 2.24) is 4.98 Å². The van der Waals surface area contributed by atoms with Crippen LogP contribution in [0, 0.1) is 0 Å². The van der Waals surface area contributed by atoms with Crippen LogP contribution < -0.4 is 5.32 Å². The van der Waals surface area contributed by atoms with E-state index in [2.05, 4.69) is 26.1 Å². The number of ether oxygens (including phenoxy) is 2. The Morgan fingerprint density at radius 1 is 1.04 bits per heavy atom. The SMILES string of the molecule is CCOC(OCC)c1cc(NC(C)(C)C)cc(-c2ccc(Cl)cc2)n1. The molecule has 5 heteroatoms. The van der Waals surface area contributed by atoms with Crippen molar-refractivity contribution in [3.05, 3.63) is 47.1 Å². The molecule has 1 aromatic carbocycles. The lowest BCUT2D eigenvalue weighted by Gasteiger charge is -2.24. The predicted octanol–water partition coefficient (Wildman–Crippen LogP) is 5.68. The maximum Gasteiger partial charge on any atom is 0.201 e. The van der Waals surface area contributed by atoms with Crippen LogP contribution in [0.3, 0.4) is 0 Å². The van der Waals surface area contributed by atoms with E-state index < -0.39 is 6.29 Å². The molecule has 0 aliphatic heterocycles. The molecule has 0 saturated heterocycles. The first kappa shape index (κ1) is 19.7. The Bertz CT molecular complexity index is 675. The summed E-state index contributed by atoms with van der Waals surface area (Å²) in [6.45, 7) is 11.4. The molecule has 0 spiro atoms. The molecule has 0 amide bonds. The molecule has 0 atom stereocenters. The van der Waals surface area contributed by atoms with Gasteiger partial charge in [0.15, 0.2) is 0 Å². The van der Waals surface area contributed by atoms with E-state index >= 15 is 0 Å². The number of nitrogens with zero attached hydrogens (tertiary/aromatic N) is 1. The van der Waals surface area contributed by atoms with Gasteiger partial charge in [-0.2, -0.15) is 0 Å². The van der Waals surface area contributed by atoms with Crippen molar-refractivity contribution in [3.63, 3.8) is 0 Å². The molecular formula is C20H27ClN2O2. The molecule has 25 heavy (non-hydrogen) atoms. The minimum Gasteiger partial charge on any atom is -0.380 e. The van der Waals surface area contributed by atoms with Crippen LogP contribution in [-0.2, 0) is 9.47 Å². The van der Waals surface area contributed by atoms with Gasteiger partial charge in [-0.15, -0.1) is 0 Å². The molecule has 0 radical (unpaired) electrons. The zero-order valence-corrected chi connectivity index (χ0v) is 16.4. The highest BCUT2D eigenvalue weighted by atomic mass is 35.5. The van der Waals surface area contributed by atoms with E-state index in [1.165, 1.54) is 0 Å². The van der Waals surface area contributed by atoms with Crippen molar-refractivity contribution < 1.29 is 9.47 Å². The average molecular weight is 363 g/mol. The minimum absolute atomic E-state index is 0.0669. The van der Waals surface area contributed by atoms with Crippen LogP contribution >= 0.6 is 11.6 Å². The number of nitrogens with one attached hydrogen (secondary N) is 1. The third-order valence-corrected chi connectivity index (χ3v) is 3.63. The Kier molecular flexibility index (Phi) is 6.82. The molecule has 136 valence electrons. The Morgan fingerprint density at radius 3 is 2.16 bits per heavy atom. The standard InChI is InChI=1S/C20H27ClN2O2/c1-6-24-19(25-7-2)18-13-16(23-20(3,4)5)12-17(22-18)14-8-10-15(21)11-9-14/h8-13,19H,6-7H2,1-5H3,(H,22,23). The summed E-state index contributed by atoms with van der Waals surface area (Å²) >= 11 is 6.01. The van der Waals surface area contributed by atoms with Crippen LogP contribution in [-0.4, -0.2) is 23.7 Å². The number of rotatable bonds is 7. The number of anilines is 1. The molecule has 1 heterocycles. The second-order valence-electron chi connectivity index (χ2n) is 6.79. The second kappa shape index (κ2) is 8.65. The normalized spacial score (nSPS) is 11.8. The molecule has 2 rings (SSSR count). The molecule has 0 bridgehead atoms. The lowest BCUT2D eigenvalue weighted by molar-refractivity contribution is -0.142.